The molecule has 1 unspecified atom stereocenters. The summed E-state index contributed by atoms with van der Waals surface area (Å²) in [6.45, 7) is 2.69. The lowest BCUT2D eigenvalue weighted by molar-refractivity contribution is 0.0696. The van der Waals surface area contributed by atoms with Crippen LogP contribution in [-0.4, -0.2) is 28.6 Å². The Balaban J connectivity index is 1.72. The van der Waals surface area contributed by atoms with E-state index in [-0.39, 0.29) is 24.3 Å². The fourth-order valence-electron chi connectivity index (χ4n) is 3.00. The van der Waals surface area contributed by atoms with Gasteiger partial charge in [-0.05, 0) is 42.2 Å². The van der Waals surface area contributed by atoms with Crippen molar-refractivity contribution in [3.63, 3.8) is 0 Å². The van der Waals surface area contributed by atoms with Gasteiger partial charge >= 0.3 is 12.1 Å². The average molecular weight is 325 g/mol. The second-order valence-electron chi connectivity index (χ2n) is 5.88. The topological polar surface area (TPSA) is 66.8 Å². The molecule has 0 aliphatic carbocycles. The van der Waals surface area contributed by atoms with Gasteiger partial charge in [-0.1, -0.05) is 36.4 Å². The SMILES string of the molecule is CC1c2cc(C(=O)O)ccc2CCN1C(=O)OCc1ccccc1. The Kier molecular flexibility index (Phi) is 4.51. The molecule has 2 aromatic rings. The second kappa shape index (κ2) is 6.74. The molecule has 2 aromatic carbocycles. The van der Waals surface area contributed by atoms with E-state index in [4.69, 9.17) is 9.84 Å². The van der Waals surface area contributed by atoms with E-state index in [1.807, 2.05) is 43.3 Å². The summed E-state index contributed by atoms with van der Waals surface area (Å²) in [5, 5.41) is 9.15. The minimum Gasteiger partial charge on any atom is -0.478 e. The Morgan fingerprint density at radius 3 is 2.67 bits per heavy atom. The lowest BCUT2D eigenvalue weighted by atomic mass is 9.92. The minimum atomic E-state index is -0.964. The zero-order chi connectivity index (χ0) is 17.1. The summed E-state index contributed by atoms with van der Waals surface area (Å²) < 4.78 is 5.40. The number of nitrogens with zero attached hydrogens (tertiary/aromatic N) is 1. The molecule has 124 valence electrons. The van der Waals surface area contributed by atoms with Crippen molar-refractivity contribution in [3.8, 4) is 0 Å². The van der Waals surface area contributed by atoms with Gasteiger partial charge in [0.25, 0.3) is 0 Å². The van der Waals surface area contributed by atoms with Gasteiger partial charge in [-0.3, -0.25) is 0 Å². The summed E-state index contributed by atoms with van der Waals surface area (Å²) in [5.41, 5.74) is 3.13. The van der Waals surface area contributed by atoms with Crippen LogP contribution in [0.4, 0.5) is 4.79 Å². The van der Waals surface area contributed by atoms with Crippen LogP contribution in [0.25, 0.3) is 0 Å². The third kappa shape index (κ3) is 3.25. The maximum Gasteiger partial charge on any atom is 0.410 e. The molecule has 0 saturated heterocycles. The summed E-state index contributed by atoms with van der Waals surface area (Å²) in [7, 11) is 0. The lowest BCUT2D eigenvalue weighted by Gasteiger charge is -2.34. The van der Waals surface area contributed by atoms with Crippen molar-refractivity contribution >= 4 is 12.1 Å². The van der Waals surface area contributed by atoms with Crippen LogP contribution < -0.4 is 0 Å². The fourth-order valence-corrected chi connectivity index (χ4v) is 3.00. The summed E-state index contributed by atoms with van der Waals surface area (Å²) in [6.07, 6.45) is 0.317. The molecule has 24 heavy (non-hydrogen) atoms. The molecule has 3 rings (SSSR count). The second-order valence-corrected chi connectivity index (χ2v) is 5.88. The number of amides is 1. The normalized spacial score (nSPS) is 16.4. The minimum absolute atomic E-state index is 0.212. The van der Waals surface area contributed by atoms with Crippen LogP contribution in [-0.2, 0) is 17.8 Å². The number of hydrogen-bond acceptors (Lipinski definition) is 3. The van der Waals surface area contributed by atoms with Crippen LogP contribution in [0.5, 0.6) is 0 Å². The molecule has 1 amide bonds. The van der Waals surface area contributed by atoms with Crippen molar-refractivity contribution in [2.45, 2.75) is 26.0 Å². The number of rotatable bonds is 3. The molecule has 0 saturated carbocycles. The molecule has 5 heteroatoms. The maximum atomic E-state index is 12.4. The lowest BCUT2D eigenvalue weighted by Crippen LogP contribution is -2.39. The number of hydrogen-bond donors (Lipinski definition) is 1. The molecule has 0 aromatic heterocycles. The predicted molar refractivity (Wildman–Crippen MR) is 88.9 cm³/mol. The van der Waals surface area contributed by atoms with Crippen molar-refractivity contribution in [2.75, 3.05) is 6.54 Å². The van der Waals surface area contributed by atoms with Crippen molar-refractivity contribution in [2.24, 2.45) is 0 Å². The van der Waals surface area contributed by atoms with Crippen LogP contribution in [0.2, 0.25) is 0 Å². The molecule has 0 bridgehead atoms. The third-order valence-corrected chi connectivity index (χ3v) is 4.37. The van der Waals surface area contributed by atoms with Gasteiger partial charge in [0.05, 0.1) is 11.6 Å². The number of ether oxygens (including phenoxy) is 1. The first-order chi connectivity index (χ1) is 11.6. The quantitative estimate of drug-likeness (QED) is 0.935. The zero-order valence-electron chi connectivity index (χ0n) is 13.4. The highest BCUT2D eigenvalue weighted by Crippen LogP contribution is 2.30. The molecule has 5 nitrogen and oxygen atoms in total. The van der Waals surface area contributed by atoms with Crippen molar-refractivity contribution in [1.82, 2.24) is 4.90 Å². The van der Waals surface area contributed by atoms with Crippen molar-refractivity contribution in [3.05, 3.63) is 70.8 Å². The van der Waals surface area contributed by atoms with Crippen LogP contribution in [0, 0.1) is 0 Å². The molecule has 1 aliphatic rings. The molecular formula is C19H19NO4. The van der Waals surface area contributed by atoms with Crippen LogP contribution >= 0.6 is 0 Å². The van der Waals surface area contributed by atoms with Gasteiger partial charge in [-0.15, -0.1) is 0 Å². The third-order valence-electron chi connectivity index (χ3n) is 4.37. The van der Waals surface area contributed by atoms with E-state index >= 15 is 0 Å². The first-order valence-electron chi connectivity index (χ1n) is 7.89. The number of carboxylic acid groups (broad SMARTS) is 1. The first-order valence-corrected chi connectivity index (χ1v) is 7.89. The maximum absolute atomic E-state index is 12.4. The molecule has 1 heterocycles. The Morgan fingerprint density at radius 2 is 1.96 bits per heavy atom. The number of benzene rings is 2. The summed E-state index contributed by atoms with van der Waals surface area (Å²) in [6, 6.07) is 14.4. The number of aromatic carboxylic acids is 1. The number of carboxylic acids is 1. The van der Waals surface area contributed by atoms with E-state index in [1.54, 1.807) is 17.0 Å². The monoisotopic (exact) mass is 325 g/mol. The molecule has 1 aliphatic heterocycles. The van der Waals surface area contributed by atoms with Crippen molar-refractivity contribution < 1.29 is 19.4 Å². The van der Waals surface area contributed by atoms with E-state index < -0.39 is 5.97 Å². The van der Waals surface area contributed by atoms with Crippen LogP contribution in [0.15, 0.2) is 48.5 Å². The van der Waals surface area contributed by atoms with E-state index in [2.05, 4.69) is 0 Å². The molecule has 0 fully saturated rings. The molecule has 0 radical (unpaired) electrons. The zero-order valence-corrected chi connectivity index (χ0v) is 13.4. The molecule has 1 N–H and O–H groups in total. The van der Waals surface area contributed by atoms with Crippen LogP contribution in [0.1, 0.15) is 40.0 Å². The van der Waals surface area contributed by atoms with E-state index in [0.717, 1.165) is 16.7 Å². The highest BCUT2D eigenvalue weighted by atomic mass is 16.6. The largest absolute Gasteiger partial charge is 0.478 e. The predicted octanol–water partition coefficient (Wildman–Crippen LogP) is 3.64. The van der Waals surface area contributed by atoms with Gasteiger partial charge in [-0.25, -0.2) is 9.59 Å². The number of carbonyl (C=O) groups is 2. The van der Waals surface area contributed by atoms with Gasteiger partial charge in [-0.2, -0.15) is 0 Å². The summed E-state index contributed by atoms with van der Waals surface area (Å²) in [5.74, 6) is -0.964. The van der Waals surface area contributed by atoms with Gasteiger partial charge in [0, 0.05) is 6.54 Å². The number of fused-ring (bicyclic) bond motifs is 1. The smallest absolute Gasteiger partial charge is 0.410 e. The standard InChI is InChI=1S/C19H19NO4/c1-13-17-11-16(18(21)22)8-7-15(17)9-10-20(13)19(23)24-12-14-5-3-2-4-6-14/h2-8,11,13H,9-10,12H2,1H3,(H,21,22). The summed E-state index contributed by atoms with van der Waals surface area (Å²) >= 11 is 0. The Hall–Kier alpha value is -2.82. The average Bonchev–Trinajstić information content (AvgIpc) is 2.60. The van der Waals surface area contributed by atoms with Gasteiger partial charge in [0.15, 0.2) is 0 Å². The van der Waals surface area contributed by atoms with Crippen molar-refractivity contribution in [1.29, 1.82) is 0 Å². The highest BCUT2D eigenvalue weighted by Gasteiger charge is 2.29. The van der Waals surface area contributed by atoms with Crippen LogP contribution in [0.3, 0.4) is 0 Å². The van der Waals surface area contributed by atoms with Gasteiger partial charge in [0.2, 0.25) is 0 Å². The van der Waals surface area contributed by atoms with Gasteiger partial charge in [0.1, 0.15) is 6.61 Å². The van der Waals surface area contributed by atoms with Gasteiger partial charge < -0.3 is 14.7 Å². The van der Waals surface area contributed by atoms with E-state index in [1.165, 1.54) is 0 Å². The number of carbonyl (C=O) groups excluding carboxylic acids is 1. The first kappa shape index (κ1) is 16.1. The fraction of sp³-hybridized carbons (Fsp3) is 0.263. The Bertz CT molecular complexity index is 757. The van der Waals surface area contributed by atoms with E-state index in [0.29, 0.717) is 13.0 Å². The summed E-state index contributed by atoms with van der Waals surface area (Å²) in [4.78, 5) is 25.2. The van der Waals surface area contributed by atoms with E-state index in [9.17, 15) is 9.59 Å². The Labute approximate surface area is 140 Å². The Morgan fingerprint density at radius 1 is 1.21 bits per heavy atom. The molecular weight excluding hydrogens is 306 g/mol. The molecule has 1 atom stereocenters. The highest BCUT2D eigenvalue weighted by molar-refractivity contribution is 5.88. The molecule has 0 spiro atoms.